The van der Waals surface area contributed by atoms with Gasteiger partial charge >= 0.3 is 12.0 Å². The molecule has 0 radical (unpaired) electrons. The summed E-state index contributed by atoms with van der Waals surface area (Å²) < 4.78 is 5.09. The third kappa shape index (κ3) is 3.93. The van der Waals surface area contributed by atoms with Crippen LogP contribution >= 0.6 is 23.5 Å². The Morgan fingerprint density at radius 3 is 2.84 bits per heavy atom. The second kappa shape index (κ2) is 6.71. The predicted octanol–water partition coefficient (Wildman–Crippen LogP) is 0.378. The number of amides is 2. The monoisotopic (exact) mass is 306 g/mol. The van der Waals surface area contributed by atoms with Crippen LogP contribution in [0.5, 0.6) is 0 Å². The van der Waals surface area contributed by atoms with Gasteiger partial charge in [0, 0.05) is 42.1 Å². The van der Waals surface area contributed by atoms with Gasteiger partial charge in [0.15, 0.2) is 5.54 Å². The lowest BCUT2D eigenvalue weighted by Crippen LogP contribution is -2.58. The quantitative estimate of drug-likeness (QED) is 0.696. The molecule has 2 heterocycles. The SMILES string of the molecule is O=C(NCC1CSCCS1)NC1(C(=O)O)CCOC1. The molecule has 2 amide bonds. The number of nitrogens with one attached hydrogen (secondary N) is 2. The molecule has 0 aromatic carbocycles. The van der Waals surface area contributed by atoms with Gasteiger partial charge in [0.2, 0.25) is 0 Å². The number of aliphatic carboxylic acids is 1. The average molecular weight is 306 g/mol. The number of thioether (sulfide) groups is 2. The number of ether oxygens (including phenoxy) is 1. The molecule has 3 N–H and O–H groups in total. The Hall–Kier alpha value is -0.600. The highest BCUT2D eigenvalue weighted by atomic mass is 32.2. The molecular formula is C11H18N2O4S2. The molecule has 2 aliphatic heterocycles. The van der Waals surface area contributed by atoms with Crippen LogP contribution in [-0.2, 0) is 9.53 Å². The number of urea groups is 1. The van der Waals surface area contributed by atoms with Gasteiger partial charge in [-0.05, 0) is 0 Å². The summed E-state index contributed by atoms with van der Waals surface area (Å²) in [6.07, 6.45) is 0.309. The van der Waals surface area contributed by atoms with Gasteiger partial charge in [-0.25, -0.2) is 9.59 Å². The van der Waals surface area contributed by atoms with Crippen LogP contribution in [-0.4, -0.2) is 64.9 Å². The molecule has 0 aromatic heterocycles. The first-order valence-corrected chi connectivity index (χ1v) is 8.39. The summed E-state index contributed by atoms with van der Waals surface area (Å²) in [5, 5.41) is 14.9. The van der Waals surface area contributed by atoms with Crippen molar-refractivity contribution < 1.29 is 19.4 Å². The van der Waals surface area contributed by atoms with Crippen molar-refractivity contribution in [1.29, 1.82) is 0 Å². The normalized spacial score (nSPS) is 30.8. The van der Waals surface area contributed by atoms with Gasteiger partial charge in [0.05, 0.1) is 6.61 Å². The summed E-state index contributed by atoms with van der Waals surface area (Å²) in [5.41, 5.74) is -1.27. The molecule has 6 nitrogen and oxygen atoms in total. The van der Waals surface area contributed by atoms with Gasteiger partial charge in [-0.3, -0.25) is 0 Å². The molecule has 0 bridgehead atoms. The Labute approximate surface area is 120 Å². The first kappa shape index (κ1) is 14.8. The minimum absolute atomic E-state index is 0.0315. The molecule has 0 spiro atoms. The van der Waals surface area contributed by atoms with E-state index >= 15 is 0 Å². The van der Waals surface area contributed by atoms with Crippen LogP contribution in [0.25, 0.3) is 0 Å². The first-order valence-electron chi connectivity index (χ1n) is 6.19. The molecule has 0 saturated carbocycles. The van der Waals surface area contributed by atoms with E-state index in [0.717, 1.165) is 17.3 Å². The van der Waals surface area contributed by atoms with Crippen LogP contribution in [0, 0.1) is 0 Å². The van der Waals surface area contributed by atoms with E-state index in [9.17, 15) is 14.7 Å². The molecule has 2 aliphatic rings. The molecular weight excluding hydrogens is 288 g/mol. The van der Waals surface area contributed by atoms with Crippen LogP contribution in [0.3, 0.4) is 0 Å². The number of carbonyl (C=O) groups excluding carboxylic acids is 1. The van der Waals surface area contributed by atoms with E-state index in [-0.39, 0.29) is 6.61 Å². The highest BCUT2D eigenvalue weighted by molar-refractivity contribution is 8.06. The molecule has 2 atom stereocenters. The highest BCUT2D eigenvalue weighted by Gasteiger charge is 2.44. The fourth-order valence-electron chi connectivity index (χ4n) is 2.01. The van der Waals surface area contributed by atoms with E-state index in [0.29, 0.717) is 24.8 Å². The van der Waals surface area contributed by atoms with Crippen molar-refractivity contribution in [2.45, 2.75) is 17.2 Å². The minimum Gasteiger partial charge on any atom is -0.479 e. The lowest BCUT2D eigenvalue weighted by atomic mass is 9.99. The molecule has 19 heavy (non-hydrogen) atoms. The van der Waals surface area contributed by atoms with Crippen LogP contribution in [0.1, 0.15) is 6.42 Å². The Morgan fingerprint density at radius 2 is 2.26 bits per heavy atom. The standard InChI is InChI=1S/C11H18N2O4S2/c14-9(15)11(1-2-17-7-11)13-10(16)12-5-8-6-18-3-4-19-8/h8H,1-7H2,(H,14,15)(H2,12,13,16). The summed E-state index contributed by atoms with van der Waals surface area (Å²) in [4.78, 5) is 23.0. The van der Waals surface area contributed by atoms with Crippen molar-refractivity contribution in [2.75, 3.05) is 37.0 Å². The minimum atomic E-state index is -1.27. The maximum atomic E-state index is 11.8. The molecule has 2 saturated heterocycles. The van der Waals surface area contributed by atoms with E-state index in [1.807, 2.05) is 23.5 Å². The average Bonchev–Trinajstić information content (AvgIpc) is 2.87. The zero-order valence-corrected chi connectivity index (χ0v) is 12.1. The van der Waals surface area contributed by atoms with E-state index in [1.165, 1.54) is 0 Å². The van der Waals surface area contributed by atoms with E-state index < -0.39 is 17.5 Å². The Kier molecular flexibility index (Phi) is 5.23. The van der Waals surface area contributed by atoms with Crippen LogP contribution < -0.4 is 10.6 Å². The third-order valence-electron chi connectivity index (χ3n) is 3.16. The summed E-state index contributed by atoms with van der Waals surface area (Å²) in [5.74, 6) is 2.25. The number of carboxylic acid groups (broad SMARTS) is 1. The third-order valence-corrected chi connectivity index (χ3v) is 6.00. The van der Waals surface area contributed by atoms with E-state index in [2.05, 4.69) is 10.6 Å². The number of hydrogen-bond donors (Lipinski definition) is 3. The van der Waals surface area contributed by atoms with E-state index in [1.54, 1.807) is 0 Å². The summed E-state index contributed by atoms with van der Waals surface area (Å²) >= 11 is 3.73. The van der Waals surface area contributed by atoms with Crippen LogP contribution in [0.15, 0.2) is 0 Å². The van der Waals surface area contributed by atoms with Gasteiger partial charge in [-0.2, -0.15) is 23.5 Å². The Morgan fingerprint density at radius 1 is 1.42 bits per heavy atom. The molecule has 108 valence electrons. The summed E-state index contributed by atoms with van der Waals surface area (Å²) in [7, 11) is 0. The Bertz CT molecular complexity index is 342. The predicted molar refractivity (Wildman–Crippen MR) is 75.9 cm³/mol. The maximum absolute atomic E-state index is 11.8. The van der Waals surface area contributed by atoms with Crippen LogP contribution in [0.4, 0.5) is 4.79 Å². The lowest BCUT2D eigenvalue weighted by Gasteiger charge is -2.25. The van der Waals surface area contributed by atoms with Crippen molar-refractivity contribution in [1.82, 2.24) is 10.6 Å². The summed E-state index contributed by atoms with van der Waals surface area (Å²) in [6, 6.07) is -0.427. The van der Waals surface area contributed by atoms with Crippen molar-refractivity contribution >= 4 is 35.5 Å². The van der Waals surface area contributed by atoms with Crippen molar-refractivity contribution in [3.8, 4) is 0 Å². The second-order valence-corrected chi connectivity index (χ2v) is 7.15. The molecule has 2 rings (SSSR count). The van der Waals surface area contributed by atoms with Crippen molar-refractivity contribution in [3.63, 3.8) is 0 Å². The highest BCUT2D eigenvalue weighted by Crippen LogP contribution is 2.23. The first-order chi connectivity index (χ1) is 9.12. The summed E-state index contributed by atoms with van der Waals surface area (Å²) in [6.45, 7) is 0.964. The smallest absolute Gasteiger partial charge is 0.332 e. The maximum Gasteiger partial charge on any atom is 0.332 e. The zero-order chi connectivity index (χ0) is 13.7. The zero-order valence-electron chi connectivity index (χ0n) is 10.5. The molecule has 2 unspecified atom stereocenters. The number of carboxylic acids is 1. The fourth-order valence-corrected chi connectivity index (χ4v) is 4.62. The molecule has 0 aliphatic carbocycles. The van der Waals surface area contributed by atoms with Crippen LogP contribution in [0.2, 0.25) is 0 Å². The van der Waals surface area contributed by atoms with Gasteiger partial charge in [0.25, 0.3) is 0 Å². The van der Waals surface area contributed by atoms with Gasteiger partial charge in [0.1, 0.15) is 0 Å². The van der Waals surface area contributed by atoms with Gasteiger partial charge in [-0.15, -0.1) is 0 Å². The Balaban J connectivity index is 1.78. The second-order valence-electron chi connectivity index (χ2n) is 4.59. The number of rotatable bonds is 4. The lowest BCUT2D eigenvalue weighted by molar-refractivity contribution is -0.144. The number of carbonyl (C=O) groups is 2. The van der Waals surface area contributed by atoms with Crippen molar-refractivity contribution in [2.24, 2.45) is 0 Å². The number of hydrogen-bond acceptors (Lipinski definition) is 5. The van der Waals surface area contributed by atoms with Crippen molar-refractivity contribution in [3.05, 3.63) is 0 Å². The molecule has 2 fully saturated rings. The largest absolute Gasteiger partial charge is 0.479 e. The topological polar surface area (TPSA) is 87.7 Å². The fraction of sp³-hybridized carbons (Fsp3) is 0.818. The van der Waals surface area contributed by atoms with Gasteiger partial charge < -0.3 is 20.5 Å². The van der Waals surface area contributed by atoms with E-state index in [4.69, 9.17) is 4.74 Å². The van der Waals surface area contributed by atoms with Gasteiger partial charge in [-0.1, -0.05) is 0 Å². The molecule has 8 heteroatoms. The molecule has 0 aromatic rings.